The summed E-state index contributed by atoms with van der Waals surface area (Å²) in [5.41, 5.74) is 3.67. The van der Waals surface area contributed by atoms with Gasteiger partial charge >= 0.3 is 0 Å². The van der Waals surface area contributed by atoms with Gasteiger partial charge in [0.2, 0.25) is 5.91 Å². The Hall–Kier alpha value is -4.00. The van der Waals surface area contributed by atoms with Crippen LogP contribution in [-0.2, 0) is 17.8 Å². The van der Waals surface area contributed by atoms with Crippen LogP contribution in [0.3, 0.4) is 0 Å². The molecular formula is C25H23FN4O2. The molecular weight excluding hydrogens is 407 g/mol. The van der Waals surface area contributed by atoms with Crippen LogP contribution in [0.5, 0.6) is 0 Å². The molecule has 0 aliphatic carbocycles. The molecule has 0 saturated heterocycles. The molecule has 3 aromatic carbocycles. The summed E-state index contributed by atoms with van der Waals surface area (Å²) in [6.45, 7) is 2.37. The normalized spacial score (nSPS) is 10.8. The summed E-state index contributed by atoms with van der Waals surface area (Å²) < 4.78 is 15.2. The second kappa shape index (κ2) is 9.43. The number of para-hydroxylation sites is 2. The van der Waals surface area contributed by atoms with Crippen molar-refractivity contribution in [2.75, 3.05) is 11.9 Å². The van der Waals surface area contributed by atoms with E-state index in [2.05, 4.69) is 15.6 Å². The number of benzene rings is 3. The fourth-order valence-electron chi connectivity index (χ4n) is 3.50. The Labute approximate surface area is 185 Å². The molecule has 0 spiro atoms. The highest BCUT2D eigenvalue weighted by Gasteiger charge is 2.14. The predicted octanol–water partition coefficient (Wildman–Crippen LogP) is 4.10. The number of hydrogen-bond donors (Lipinski definition) is 2. The molecule has 6 nitrogen and oxygen atoms in total. The van der Waals surface area contributed by atoms with Gasteiger partial charge in [-0.15, -0.1) is 0 Å². The fraction of sp³-hybridized carbons (Fsp3) is 0.160. The Kier molecular flexibility index (Phi) is 6.26. The Morgan fingerprint density at radius 3 is 2.56 bits per heavy atom. The number of nitrogens with one attached hydrogen (secondary N) is 2. The lowest BCUT2D eigenvalue weighted by Gasteiger charge is -2.11. The molecule has 2 amide bonds. The average molecular weight is 430 g/mol. The van der Waals surface area contributed by atoms with Crippen LogP contribution >= 0.6 is 0 Å². The lowest BCUT2D eigenvalue weighted by atomic mass is 10.1. The van der Waals surface area contributed by atoms with E-state index in [0.29, 0.717) is 30.0 Å². The van der Waals surface area contributed by atoms with E-state index in [1.807, 2.05) is 47.9 Å². The monoisotopic (exact) mass is 430 g/mol. The molecule has 0 atom stereocenters. The molecule has 4 rings (SSSR count). The third-order valence-corrected chi connectivity index (χ3v) is 5.09. The molecule has 0 fully saturated rings. The molecule has 4 aromatic rings. The Morgan fingerprint density at radius 2 is 1.78 bits per heavy atom. The minimum atomic E-state index is -0.416. The summed E-state index contributed by atoms with van der Waals surface area (Å²) in [6, 6.07) is 20.7. The van der Waals surface area contributed by atoms with Crippen molar-refractivity contribution in [3.63, 3.8) is 0 Å². The third kappa shape index (κ3) is 5.00. The summed E-state index contributed by atoms with van der Waals surface area (Å²) in [7, 11) is 0. The number of imidazole rings is 1. The van der Waals surface area contributed by atoms with Crippen molar-refractivity contribution in [1.29, 1.82) is 0 Å². The van der Waals surface area contributed by atoms with Gasteiger partial charge in [-0.3, -0.25) is 9.59 Å². The smallest absolute Gasteiger partial charge is 0.251 e. The van der Waals surface area contributed by atoms with E-state index in [-0.39, 0.29) is 18.4 Å². The number of amides is 2. The standard InChI is InChI=1S/C25H23FN4O2/c1-17-9-11-18(12-10-17)25(32)27-14-13-23-29-21-7-2-3-8-22(21)30(23)16-24(31)28-20-6-4-5-19(26)15-20/h2-12,15H,13-14,16H2,1H3,(H,27,32)(H,28,31). The number of hydrogen-bond acceptors (Lipinski definition) is 3. The number of halogens is 1. The maximum Gasteiger partial charge on any atom is 0.251 e. The largest absolute Gasteiger partial charge is 0.352 e. The average Bonchev–Trinajstić information content (AvgIpc) is 3.11. The first-order chi connectivity index (χ1) is 15.5. The van der Waals surface area contributed by atoms with Crippen molar-refractivity contribution in [2.24, 2.45) is 0 Å². The highest BCUT2D eigenvalue weighted by Crippen LogP contribution is 2.17. The SMILES string of the molecule is Cc1ccc(C(=O)NCCc2nc3ccccc3n2CC(=O)Nc2cccc(F)c2)cc1. The van der Waals surface area contributed by atoms with Gasteiger partial charge in [0.15, 0.2) is 0 Å². The van der Waals surface area contributed by atoms with Gasteiger partial charge in [-0.25, -0.2) is 9.37 Å². The van der Waals surface area contributed by atoms with Gasteiger partial charge in [-0.2, -0.15) is 0 Å². The second-order valence-electron chi connectivity index (χ2n) is 7.53. The van der Waals surface area contributed by atoms with E-state index in [4.69, 9.17) is 0 Å². The number of carbonyl (C=O) groups is 2. The zero-order valence-electron chi connectivity index (χ0n) is 17.6. The maximum atomic E-state index is 13.4. The van der Waals surface area contributed by atoms with Gasteiger partial charge in [-0.1, -0.05) is 35.9 Å². The molecule has 1 heterocycles. The van der Waals surface area contributed by atoms with Crippen LogP contribution in [-0.4, -0.2) is 27.9 Å². The lowest BCUT2D eigenvalue weighted by Crippen LogP contribution is -2.27. The summed E-state index contributed by atoms with van der Waals surface area (Å²) in [5, 5.41) is 5.62. The highest BCUT2D eigenvalue weighted by atomic mass is 19.1. The summed E-state index contributed by atoms with van der Waals surface area (Å²) in [6.07, 6.45) is 0.458. The number of carbonyl (C=O) groups excluding carboxylic acids is 2. The van der Waals surface area contributed by atoms with Crippen LogP contribution < -0.4 is 10.6 Å². The van der Waals surface area contributed by atoms with E-state index in [9.17, 15) is 14.0 Å². The molecule has 0 saturated carbocycles. The number of fused-ring (bicyclic) bond motifs is 1. The minimum absolute atomic E-state index is 0.0261. The van der Waals surface area contributed by atoms with Gasteiger partial charge in [-0.05, 0) is 49.4 Å². The topological polar surface area (TPSA) is 76.0 Å². The summed E-state index contributed by atoms with van der Waals surface area (Å²) >= 11 is 0. The number of rotatable bonds is 7. The van der Waals surface area contributed by atoms with Crippen molar-refractivity contribution < 1.29 is 14.0 Å². The van der Waals surface area contributed by atoms with Crippen LogP contribution in [0.15, 0.2) is 72.8 Å². The third-order valence-electron chi connectivity index (χ3n) is 5.09. The first-order valence-electron chi connectivity index (χ1n) is 10.3. The first kappa shape index (κ1) is 21.2. The second-order valence-corrected chi connectivity index (χ2v) is 7.53. The zero-order chi connectivity index (χ0) is 22.5. The van der Waals surface area contributed by atoms with Gasteiger partial charge in [0.25, 0.3) is 5.91 Å². The van der Waals surface area contributed by atoms with Gasteiger partial charge in [0, 0.05) is 24.2 Å². The van der Waals surface area contributed by atoms with Crippen LogP contribution in [0.2, 0.25) is 0 Å². The number of nitrogens with zero attached hydrogens (tertiary/aromatic N) is 2. The van der Waals surface area contributed by atoms with E-state index in [1.165, 1.54) is 12.1 Å². The molecule has 0 aliphatic rings. The molecule has 2 N–H and O–H groups in total. The Balaban J connectivity index is 1.46. The number of aromatic nitrogens is 2. The molecule has 0 bridgehead atoms. The molecule has 0 aliphatic heterocycles. The molecule has 1 aromatic heterocycles. The zero-order valence-corrected chi connectivity index (χ0v) is 17.6. The van der Waals surface area contributed by atoms with Gasteiger partial charge in [0.1, 0.15) is 18.2 Å². The fourth-order valence-corrected chi connectivity index (χ4v) is 3.50. The minimum Gasteiger partial charge on any atom is -0.352 e. The molecule has 0 radical (unpaired) electrons. The van der Waals surface area contributed by atoms with Crippen molar-refractivity contribution in [1.82, 2.24) is 14.9 Å². The predicted molar refractivity (Wildman–Crippen MR) is 122 cm³/mol. The first-order valence-corrected chi connectivity index (χ1v) is 10.3. The Morgan fingerprint density at radius 1 is 1.00 bits per heavy atom. The molecule has 0 unspecified atom stereocenters. The molecule has 7 heteroatoms. The van der Waals surface area contributed by atoms with E-state index >= 15 is 0 Å². The van der Waals surface area contributed by atoms with Gasteiger partial charge < -0.3 is 15.2 Å². The van der Waals surface area contributed by atoms with Crippen LogP contribution in [0, 0.1) is 12.7 Å². The van der Waals surface area contributed by atoms with Crippen molar-refractivity contribution in [3.8, 4) is 0 Å². The van der Waals surface area contributed by atoms with Crippen LogP contribution in [0.25, 0.3) is 11.0 Å². The number of anilines is 1. The Bertz CT molecular complexity index is 1260. The summed E-state index contributed by atoms with van der Waals surface area (Å²) in [4.78, 5) is 29.6. The van der Waals surface area contributed by atoms with Gasteiger partial charge in [0.05, 0.1) is 11.0 Å². The maximum absolute atomic E-state index is 13.4. The van der Waals surface area contributed by atoms with E-state index in [1.54, 1.807) is 24.3 Å². The molecule has 162 valence electrons. The quantitative estimate of drug-likeness (QED) is 0.464. The van der Waals surface area contributed by atoms with Crippen molar-refractivity contribution >= 4 is 28.5 Å². The van der Waals surface area contributed by atoms with E-state index < -0.39 is 5.82 Å². The van der Waals surface area contributed by atoms with Crippen LogP contribution in [0.1, 0.15) is 21.7 Å². The summed E-state index contributed by atoms with van der Waals surface area (Å²) in [5.74, 6) is -0.175. The van der Waals surface area contributed by atoms with E-state index in [0.717, 1.165) is 16.6 Å². The van der Waals surface area contributed by atoms with Crippen molar-refractivity contribution in [2.45, 2.75) is 19.9 Å². The highest BCUT2D eigenvalue weighted by molar-refractivity contribution is 5.94. The van der Waals surface area contributed by atoms with Crippen molar-refractivity contribution in [3.05, 3.63) is 95.6 Å². The number of aryl methyl sites for hydroxylation is 1. The lowest BCUT2D eigenvalue weighted by molar-refractivity contribution is -0.116. The molecule has 32 heavy (non-hydrogen) atoms. The van der Waals surface area contributed by atoms with Crippen LogP contribution in [0.4, 0.5) is 10.1 Å².